The molecule has 4 aromatic carbocycles. The van der Waals surface area contributed by atoms with Gasteiger partial charge in [-0.1, -0.05) is 121 Å². The summed E-state index contributed by atoms with van der Waals surface area (Å²) in [5, 5.41) is 12.1. The quantitative estimate of drug-likeness (QED) is 0.291. The van der Waals surface area contributed by atoms with Crippen LogP contribution in [-0.2, 0) is 33.2 Å². The summed E-state index contributed by atoms with van der Waals surface area (Å²) in [6, 6.07) is 39.9. The zero-order valence-electron chi connectivity index (χ0n) is 20.3. The van der Waals surface area contributed by atoms with Crippen LogP contribution in [0.1, 0.15) is 28.4 Å². The average molecular weight is 481 g/mol. The summed E-state index contributed by atoms with van der Waals surface area (Å²) in [5.74, 6) is -1.94. The molecular weight excluding hydrogens is 448 g/mol. The average Bonchev–Trinajstić information content (AvgIpc) is 3.23. The van der Waals surface area contributed by atoms with Crippen LogP contribution < -0.4 is 0 Å². The Labute approximate surface area is 213 Å². The third-order valence-electron chi connectivity index (χ3n) is 6.86. The number of ether oxygens (including phenoxy) is 3. The van der Waals surface area contributed by atoms with Gasteiger partial charge in [-0.2, -0.15) is 0 Å². The third kappa shape index (κ3) is 5.58. The fourth-order valence-corrected chi connectivity index (χ4v) is 4.99. The van der Waals surface area contributed by atoms with Crippen LogP contribution in [0, 0.1) is 11.8 Å². The van der Waals surface area contributed by atoms with E-state index < -0.39 is 5.79 Å². The Balaban J connectivity index is 1.42. The van der Waals surface area contributed by atoms with Gasteiger partial charge in [-0.15, -0.1) is 0 Å². The van der Waals surface area contributed by atoms with Crippen LogP contribution in [0.2, 0.25) is 0 Å². The number of hydrogen-bond donors (Lipinski definition) is 1. The number of rotatable bonds is 10. The van der Waals surface area contributed by atoms with Gasteiger partial charge in [0.25, 0.3) is 0 Å². The maximum absolute atomic E-state index is 12.1. The first-order valence-corrected chi connectivity index (χ1v) is 12.5. The molecule has 4 atom stereocenters. The molecule has 4 nitrogen and oxygen atoms in total. The summed E-state index contributed by atoms with van der Waals surface area (Å²) in [6.07, 6.45) is -0.336. The topological polar surface area (TPSA) is 47.9 Å². The summed E-state index contributed by atoms with van der Waals surface area (Å²) in [5.41, 5.74) is 3.95. The van der Waals surface area contributed by atoms with Crippen molar-refractivity contribution in [1.82, 2.24) is 0 Å². The van der Waals surface area contributed by atoms with Crippen LogP contribution in [0.5, 0.6) is 0 Å². The second-order valence-corrected chi connectivity index (χ2v) is 9.28. The van der Waals surface area contributed by atoms with E-state index in [-0.39, 0.29) is 17.9 Å². The lowest BCUT2D eigenvalue weighted by Gasteiger charge is -2.31. The number of hydrogen-bond acceptors (Lipinski definition) is 4. The summed E-state index contributed by atoms with van der Waals surface area (Å²) in [6.45, 7) is 1.74. The molecule has 4 heteroatoms. The minimum atomic E-state index is -1.50. The standard InChI is InChI=1S/C32H32O4/c33-32(28-19-11-4-12-20-28)30(24-35-22-26-15-7-2-8-16-26)29(23-34-21-25-13-5-1-6-14-25)31(36-32)27-17-9-3-10-18-27/h1-20,29-31,33H,21-24H2/t29-,30-,31-,32?/m1/s1. The van der Waals surface area contributed by atoms with Crippen molar-refractivity contribution in [2.24, 2.45) is 11.8 Å². The lowest BCUT2D eigenvalue weighted by atomic mass is 9.81. The number of benzene rings is 4. The van der Waals surface area contributed by atoms with Crippen molar-refractivity contribution in [1.29, 1.82) is 0 Å². The molecule has 5 rings (SSSR count). The normalized spacial score (nSPS) is 23.5. The van der Waals surface area contributed by atoms with E-state index in [1.54, 1.807) is 0 Å². The maximum Gasteiger partial charge on any atom is 0.198 e. The lowest BCUT2D eigenvalue weighted by molar-refractivity contribution is -0.230. The van der Waals surface area contributed by atoms with E-state index >= 15 is 0 Å². The largest absolute Gasteiger partial charge is 0.376 e. The van der Waals surface area contributed by atoms with Gasteiger partial charge in [0.15, 0.2) is 5.79 Å². The monoisotopic (exact) mass is 480 g/mol. The molecule has 1 heterocycles. The molecule has 0 bridgehead atoms. The van der Waals surface area contributed by atoms with E-state index in [0.717, 1.165) is 22.3 Å². The highest BCUT2D eigenvalue weighted by atomic mass is 16.6. The zero-order chi connectivity index (χ0) is 24.6. The highest BCUT2D eigenvalue weighted by Gasteiger charge is 2.55. The second kappa shape index (κ2) is 11.6. The second-order valence-electron chi connectivity index (χ2n) is 9.28. The zero-order valence-corrected chi connectivity index (χ0v) is 20.3. The maximum atomic E-state index is 12.1. The summed E-state index contributed by atoms with van der Waals surface area (Å²) >= 11 is 0. The smallest absolute Gasteiger partial charge is 0.198 e. The Hall–Kier alpha value is -3.28. The molecular formula is C32H32O4. The van der Waals surface area contributed by atoms with Crippen LogP contribution in [-0.4, -0.2) is 18.3 Å². The highest BCUT2D eigenvalue weighted by molar-refractivity contribution is 5.27. The van der Waals surface area contributed by atoms with Crippen LogP contribution >= 0.6 is 0 Å². The van der Waals surface area contributed by atoms with Gasteiger partial charge in [-0.3, -0.25) is 0 Å². The molecule has 0 aromatic heterocycles. The van der Waals surface area contributed by atoms with E-state index in [4.69, 9.17) is 14.2 Å². The predicted octanol–water partition coefficient (Wildman–Crippen LogP) is 6.27. The van der Waals surface area contributed by atoms with Crippen LogP contribution in [0.15, 0.2) is 121 Å². The van der Waals surface area contributed by atoms with Gasteiger partial charge in [0.1, 0.15) is 0 Å². The van der Waals surface area contributed by atoms with Crippen molar-refractivity contribution in [2.75, 3.05) is 13.2 Å². The van der Waals surface area contributed by atoms with Crippen LogP contribution in [0.25, 0.3) is 0 Å². The Kier molecular flexibility index (Phi) is 7.89. The predicted molar refractivity (Wildman–Crippen MR) is 140 cm³/mol. The first kappa shape index (κ1) is 24.4. The van der Waals surface area contributed by atoms with Crippen molar-refractivity contribution >= 4 is 0 Å². The summed E-state index contributed by atoms with van der Waals surface area (Å²) < 4.78 is 19.0. The van der Waals surface area contributed by atoms with Gasteiger partial charge in [0.05, 0.1) is 32.5 Å². The molecule has 4 aromatic rings. The van der Waals surface area contributed by atoms with Crippen molar-refractivity contribution in [3.8, 4) is 0 Å². The van der Waals surface area contributed by atoms with Crippen molar-refractivity contribution in [2.45, 2.75) is 25.1 Å². The van der Waals surface area contributed by atoms with Crippen molar-refractivity contribution in [3.05, 3.63) is 144 Å². The van der Waals surface area contributed by atoms with E-state index in [9.17, 15) is 5.11 Å². The molecule has 1 aliphatic rings. The van der Waals surface area contributed by atoms with Gasteiger partial charge in [-0.25, -0.2) is 0 Å². The Morgan fingerprint density at radius 2 is 1.08 bits per heavy atom. The minimum Gasteiger partial charge on any atom is -0.376 e. The van der Waals surface area contributed by atoms with Gasteiger partial charge >= 0.3 is 0 Å². The first-order valence-electron chi connectivity index (χ1n) is 12.5. The molecule has 1 aliphatic heterocycles. The molecule has 36 heavy (non-hydrogen) atoms. The van der Waals surface area contributed by atoms with Crippen LogP contribution in [0.3, 0.4) is 0 Å². The van der Waals surface area contributed by atoms with E-state index in [1.165, 1.54) is 0 Å². The number of aliphatic hydroxyl groups is 1. The van der Waals surface area contributed by atoms with E-state index in [2.05, 4.69) is 12.1 Å². The van der Waals surface area contributed by atoms with Gasteiger partial charge in [-0.05, 0) is 16.7 Å². The molecule has 1 fully saturated rings. The van der Waals surface area contributed by atoms with Crippen molar-refractivity contribution < 1.29 is 19.3 Å². The molecule has 1 unspecified atom stereocenters. The minimum absolute atomic E-state index is 0.114. The molecule has 0 amide bonds. The van der Waals surface area contributed by atoms with Gasteiger partial charge in [0, 0.05) is 17.4 Å². The fourth-order valence-electron chi connectivity index (χ4n) is 4.99. The van der Waals surface area contributed by atoms with Gasteiger partial charge in [0.2, 0.25) is 0 Å². The molecule has 1 saturated heterocycles. The lowest BCUT2D eigenvalue weighted by Crippen LogP contribution is -2.38. The Morgan fingerprint density at radius 3 is 1.64 bits per heavy atom. The van der Waals surface area contributed by atoms with Crippen molar-refractivity contribution in [3.63, 3.8) is 0 Å². The highest BCUT2D eigenvalue weighted by Crippen LogP contribution is 2.52. The van der Waals surface area contributed by atoms with E-state index in [1.807, 2.05) is 109 Å². The van der Waals surface area contributed by atoms with E-state index in [0.29, 0.717) is 26.4 Å². The SMILES string of the molecule is OC1(c2ccccc2)O[C@H](c2ccccc2)[C@H](COCc2ccccc2)[C@H]1COCc1ccccc1. The molecule has 0 spiro atoms. The molecule has 0 saturated carbocycles. The van der Waals surface area contributed by atoms with Gasteiger partial charge < -0.3 is 19.3 Å². The Morgan fingerprint density at radius 1 is 0.611 bits per heavy atom. The summed E-state index contributed by atoms with van der Waals surface area (Å²) in [4.78, 5) is 0. The van der Waals surface area contributed by atoms with Crippen LogP contribution in [0.4, 0.5) is 0 Å². The first-order chi connectivity index (χ1) is 17.7. The fraction of sp³-hybridized carbons (Fsp3) is 0.250. The molecule has 0 aliphatic carbocycles. The Bertz CT molecular complexity index is 1180. The summed E-state index contributed by atoms with van der Waals surface area (Å²) in [7, 11) is 0. The molecule has 0 radical (unpaired) electrons. The molecule has 1 N–H and O–H groups in total. The molecule has 184 valence electrons. The third-order valence-corrected chi connectivity index (χ3v) is 6.86.